The van der Waals surface area contributed by atoms with Gasteiger partial charge in [-0.2, -0.15) is 0 Å². The number of amides is 1. The van der Waals surface area contributed by atoms with Crippen molar-refractivity contribution in [1.29, 1.82) is 0 Å². The molecule has 0 spiro atoms. The van der Waals surface area contributed by atoms with Gasteiger partial charge in [-0.3, -0.25) is 4.79 Å². The van der Waals surface area contributed by atoms with Crippen molar-refractivity contribution < 1.29 is 17.6 Å². The molecule has 1 amide bonds. The topological polar surface area (TPSA) is 89.3 Å². The van der Waals surface area contributed by atoms with Crippen LogP contribution in [0, 0.1) is 5.82 Å². The largest absolute Gasteiger partial charge is 0.351 e. The van der Waals surface area contributed by atoms with Crippen LogP contribution in [0.3, 0.4) is 0 Å². The number of nitrogens with one attached hydrogen (secondary N) is 1. The molecule has 0 heterocycles. The molecule has 0 radical (unpaired) electrons. The van der Waals surface area contributed by atoms with E-state index in [1.54, 1.807) is 0 Å². The fraction of sp³-hybridized carbons (Fsp3) is 0.222. The molecule has 0 aliphatic rings. The zero-order valence-corrected chi connectivity index (χ0v) is 11.0. The molecule has 0 aromatic heterocycles. The van der Waals surface area contributed by atoms with Crippen molar-refractivity contribution in [2.75, 3.05) is 12.3 Å². The van der Waals surface area contributed by atoms with E-state index in [0.29, 0.717) is 4.47 Å². The van der Waals surface area contributed by atoms with Crippen molar-refractivity contribution >= 4 is 31.9 Å². The lowest BCUT2D eigenvalue weighted by Gasteiger charge is -2.05. The Kier molecular flexibility index (Phi) is 4.61. The summed E-state index contributed by atoms with van der Waals surface area (Å²) in [5.74, 6) is -1.76. The molecule has 1 rings (SSSR count). The van der Waals surface area contributed by atoms with E-state index in [1.165, 1.54) is 12.1 Å². The predicted octanol–water partition coefficient (Wildman–Crippen LogP) is 0.607. The summed E-state index contributed by atoms with van der Waals surface area (Å²) in [6, 6.07) is 3.90. The molecule has 0 aliphatic carbocycles. The lowest BCUT2D eigenvalue weighted by Crippen LogP contribution is -2.31. The van der Waals surface area contributed by atoms with Gasteiger partial charge < -0.3 is 5.32 Å². The third kappa shape index (κ3) is 4.80. The second kappa shape index (κ2) is 5.56. The Hall–Kier alpha value is -0.990. The Morgan fingerprint density at radius 1 is 1.47 bits per heavy atom. The Morgan fingerprint density at radius 2 is 2.12 bits per heavy atom. The number of rotatable bonds is 4. The molecule has 1 aromatic rings. The lowest BCUT2D eigenvalue weighted by atomic mass is 10.2. The first-order chi connectivity index (χ1) is 7.79. The minimum Gasteiger partial charge on any atom is -0.351 e. The average Bonchev–Trinajstić information content (AvgIpc) is 2.19. The molecule has 0 atom stereocenters. The van der Waals surface area contributed by atoms with Crippen LogP contribution in [0.2, 0.25) is 0 Å². The van der Waals surface area contributed by atoms with Crippen molar-refractivity contribution in [3.8, 4) is 0 Å². The number of hydrogen-bond acceptors (Lipinski definition) is 3. The summed E-state index contributed by atoms with van der Waals surface area (Å²) >= 11 is 3.10. The van der Waals surface area contributed by atoms with Crippen molar-refractivity contribution in [2.24, 2.45) is 5.14 Å². The van der Waals surface area contributed by atoms with Crippen LogP contribution < -0.4 is 10.5 Å². The van der Waals surface area contributed by atoms with Crippen molar-refractivity contribution in [2.45, 2.75) is 0 Å². The summed E-state index contributed by atoms with van der Waals surface area (Å²) in [6.07, 6.45) is 0. The molecular formula is C9H10BrFN2O3S. The van der Waals surface area contributed by atoms with E-state index < -0.39 is 27.5 Å². The van der Waals surface area contributed by atoms with Crippen LogP contribution in [0.4, 0.5) is 4.39 Å². The van der Waals surface area contributed by atoms with E-state index in [-0.39, 0.29) is 12.1 Å². The summed E-state index contributed by atoms with van der Waals surface area (Å²) < 4.78 is 35.0. The Bertz CT molecular complexity index is 533. The highest BCUT2D eigenvalue weighted by molar-refractivity contribution is 9.10. The molecule has 0 unspecified atom stereocenters. The highest BCUT2D eigenvalue weighted by Gasteiger charge is 2.12. The number of carbonyl (C=O) groups excluding carboxylic acids is 1. The van der Waals surface area contributed by atoms with Gasteiger partial charge in [0.15, 0.2) is 0 Å². The number of sulfonamides is 1. The molecule has 3 N–H and O–H groups in total. The van der Waals surface area contributed by atoms with Gasteiger partial charge in [0.1, 0.15) is 5.82 Å². The SMILES string of the molecule is NS(=O)(=O)CCNC(=O)c1cc(Br)ccc1F. The van der Waals surface area contributed by atoms with E-state index in [0.717, 1.165) is 6.07 Å². The molecule has 0 bridgehead atoms. The minimum atomic E-state index is -3.64. The van der Waals surface area contributed by atoms with Gasteiger partial charge in [-0.1, -0.05) is 15.9 Å². The van der Waals surface area contributed by atoms with Crippen LogP contribution in [0.5, 0.6) is 0 Å². The highest BCUT2D eigenvalue weighted by Crippen LogP contribution is 2.15. The van der Waals surface area contributed by atoms with E-state index in [4.69, 9.17) is 5.14 Å². The van der Waals surface area contributed by atoms with Crippen molar-refractivity contribution in [3.05, 3.63) is 34.1 Å². The summed E-state index contributed by atoms with van der Waals surface area (Å²) in [5, 5.41) is 7.02. The normalized spacial score (nSPS) is 11.2. The zero-order chi connectivity index (χ0) is 13.1. The third-order valence-electron chi connectivity index (χ3n) is 1.85. The van der Waals surface area contributed by atoms with Crippen LogP contribution in [0.25, 0.3) is 0 Å². The van der Waals surface area contributed by atoms with Gasteiger partial charge in [0, 0.05) is 11.0 Å². The minimum absolute atomic E-state index is 0.159. The maximum atomic E-state index is 13.3. The first kappa shape index (κ1) is 14.1. The molecule has 0 saturated heterocycles. The number of primary sulfonamides is 1. The number of hydrogen-bond donors (Lipinski definition) is 2. The number of benzene rings is 1. The van der Waals surface area contributed by atoms with Gasteiger partial charge in [-0.25, -0.2) is 17.9 Å². The fourth-order valence-electron chi connectivity index (χ4n) is 1.07. The van der Waals surface area contributed by atoms with Gasteiger partial charge in [0.2, 0.25) is 10.0 Å². The Morgan fingerprint density at radius 3 is 2.71 bits per heavy atom. The number of halogens is 2. The molecule has 1 aromatic carbocycles. The van der Waals surface area contributed by atoms with E-state index >= 15 is 0 Å². The van der Waals surface area contributed by atoms with Crippen LogP contribution in [-0.2, 0) is 10.0 Å². The van der Waals surface area contributed by atoms with Gasteiger partial charge in [0.05, 0.1) is 11.3 Å². The monoisotopic (exact) mass is 324 g/mol. The maximum absolute atomic E-state index is 13.3. The van der Waals surface area contributed by atoms with E-state index in [9.17, 15) is 17.6 Å². The third-order valence-corrected chi connectivity index (χ3v) is 3.11. The van der Waals surface area contributed by atoms with Crippen molar-refractivity contribution in [1.82, 2.24) is 5.32 Å². The first-order valence-corrected chi connectivity index (χ1v) is 7.04. The molecule has 0 fully saturated rings. The van der Waals surface area contributed by atoms with Crippen LogP contribution in [0.15, 0.2) is 22.7 Å². The van der Waals surface area contributed by atoms with Gasteiger partial charge in [-0.05, 0) is 18.2 Å². The summed E-state index contributed by atoms with van der Waals surface area (Å²) in [5.41, 5.74) is -0.159. The molecular weight excluding hydrogens is 315 g/mol. The lowest BCUT2D eigenvalue weighted by molar-refractivity contribution is 0.0952. The number of carbonyl (C=O) groups is 1. The first-order valence-electron chi connectivity index (χ1n) is 4.53. The molecule has 8 heteroatoms. The van der Waals surface area contributed by atoms with Gasteiger partial charge in [-0.15, -0.1) is 0 Å². The molecule has 0 saturated carbocycles. The van der Waals surface area contributed by atoms with Crippen LogP contribution >= 0.6 is 15.9 Å². The Labute approximate surface area is 106 Å². The van der Waals surface area contributed by atoms with Crippen LogP contribution in [-0.4, -0.2) is 26.6 Å². The standard InChI is InChI=1S/C9H10BrFN2O3S/c10-6-1-2-8(11)7(5-6)9(14)13-3-4-17(12,15)16/h1-2,5H,3-4H2,(H,13,14)(H2,12,15,16). The average molecular weight is 325 g/mol. The predicted molar refractivity (Wildman–Crippen MR) is 64.4 cm³/mol. The zero-order valence-electron chi connectivity index (χ0n) is 8.61. The maximum Gasteiger partial charge on any atom is 0.254 e. The molecule has 94 valence electrons. The Balaban J connectivity index is 2.67. The quantitative estimate of drug-likeness (QED) is 0.850. The van der Waals surface area contributed by atoms with E-state index in [1.807, 2.05) is 0 Å². The van der Waals surface area contributed by atoms with Crippen LogP contribution in [0.1, 0.15) is 10.4 Å². The molecule has 0 aliphatic heterocycles. The molecule has 5 nitrogen and oxygen atoms in total. The fourth-order valence-corrected chi connectivity index (χ4v) is 1.82. The summed E-state index contributed by atoms with van der Waals surface area (Å²) in [4.78, 5) is 11.5. The van der Waals surface area contributed by atoms with Gasteiger partial charge >= 0.3 is 0 Å². The van der Waals surface area contributed by atoms with E-state index in [2.05, 4.69) is 21.2 Å². The summed E-state index contributed by atoms with van der Waals surface area (Å²) in [6.45, 7) is -0.163. The second-order valence-corrected chi connectivity index (χ2v) is 5.90. The second-order valence-electron chi connectivity index (χ2n) is 3.25. The molecule has 17 heavy (non-hydrogen) atoms. The van der Waals surface area contributed by atoms with Gasteiger partial charge in [0.25, 0.3) is 5.91 Å². The van der Waals surface area contributed by atoms with Crippen molar-refractivity contribution in [3.63, 3.8) is 0 Å². The smallest absolute Gasteiger partial charge is 0.254 e. The summed E-state index contributed by atoms with van der Waals surface area (Å²) in [7, 11) is -3.64. The number of nitrogens with two attached hydrogens (primary N) is 1. The highest BCUT2D eigenvalue weighted by atomic mass is 79.9.